The summed E-state index contributed by atoms with van der Waals surface area (Å²) in [5.74, 6) is 5.88. The number of hydrogen-bond donors (Lipinski definition) is 3. The van der Waals surface area contributed by atoms with Gasteiger partial charge in [-0.3, -0.25) is 10.2 Å². The quantitative estimate of drug-likeness (QED) is 0.328. The third-order valence-corrected chi connectivity index (χ3v) is 6.21. The molecule has 0 aliphatic rings. The second-order valence-electron chi connectivity index (χ2n) is 6.08. The number of aromatic nitrogens is 1. The van der Waals surface area contributed by atoms with E-state index in [0.29, 0.717) is 10.9 Å². The number of anilines is 2. The Morgan fingerprint density at radius 1 is 1.22 bits per heavy atom. The van der Waals surface area contributed by atoms with E-state index in [-0.39, 0.29) is 12.5 Å². The van der Waals surface area contributed by atoms with Crippen LogP contribution in [0.1, 0.15) is 16.7 Å². The number of nitrogens with one attached hydrogen (secondary N) is 2. The van der Waals surface area contributed by atoms with Crippen LogP contribution < -0.4 is 21.3 Å². The van der Waals surface area contributed by atoms with Crippen LogP contribution in [0.2, 0.25) is 0 Å². The fourth-order valence-electron chi connectivity index (χ4n) is 2.82. The molecule has 0 fully saturated rings. The number of nitrogens with zero attached hydrogens (tertiary/aromatic N) is 1. The molecule has 142 valence electrons. The summed E-state index contributed by atoms with van der Waals surface area (Å²) in [4.78, 5) is 16.9. The number of ether oxygens (including phenoxy) is 1. The van der Waals surface area contributed by atoms with Gasteiger partial charge >= 0.3 is 0 Å². The number of nitrogens with two attached hydrogens (primary N) is 1. The van der Waals surface area contributed by atoms with Crippen molar-refractivity contribution in [1.82, 2.24) is 4.98 Å². The molecule has 9 heteroatoms. The minimum absolute atomic E-state index is 0.0870. The van der Waals surface area contributed by atoms with Gasteiger partial charge in [-0.25, -0.2) is 10.8 Å². The van der Waals surface area contributed by atoms with Gasteiger partial charge in [0.15, 0.2) is 11.7 Å². The van der Waals surface area contributed by atoms with Crippen molar-refractivity contribution >= 4 is 70.1 Å². The van der Waals surface area contributed by atoms with Crippen molar-refractivity contribution in [3.8, 4) is 5.75 Å². The fourth-order valence-corrected chi connectivity index (χ4v) is 5.24. The van der Waals surface area contributed by atoms with Gasteiger partial charge in [0.2, 0.25) is 0 Å². The molecule has 3 rings (SSSR count). The van der Waals surface area contributed by atoms with E-state index < -0.39 is 0 Å². The lowest BCUT2D eigenvalue weighted by Crippen LogP contribution is -2.21. The van der Waals surface area contributed by atoms with Gasteiger partial charge in [-0.2, -0.15) is 0 Å². The highest BCUT2D eigenvalue weighted by Gasteiger charge is 2.15. The monoisotopic (exact) mass is 512 g/mol. The molecule has 2 aromatic carbocycles. The Morgan fingerprint density at radius 3 is 2.63 bits per heavy atom. The molecule has 0 atom stereocenters. The Labute approximate surface area is 177 Å². The third-order valence-electron chi connectivity index (χ3n) is 4.05. The van der Waals surface area contributed by atoms with E-state index in [1.165, 1.54) is 11.3 Å². The zero-order valence-electron chi connectivity index (χ0n) is 14.9. The maximum atomic E-state index is 12.5. The minimum Gasteiger partial charge on any atom is -0.482 e. The van der Waals surface area contributed by atoms with Crippen molar-refractivity contribution in [3.63, 3.8) is 0 Å². The molecule has 0 unspecified atom stereocenters. The Balaban J connectivity index is 1.78. The number of nitrogen functional groups attached to an aromatic ring is 1. The zero-order chi connectivity index (χ0) is 19.7. The van der Waals surface area contributed by atoms with E-state index in [4.69, 9.17) is 10.6 Å². The SMILES string of the molecule is Cc1cc2nc(NN)sc2c(C)c1NC(=O)COc1c(C)cc(Br)cc1Br. The standard InChI is InChI=1S/C18H18Br2N4O2S/c1-8-5-13-17(27-18(22-13)24-21)10(3)15(8)23-14(25)7-26-16-9(2)4-11(19)6-12(16)20/h4-6H,7,21H2,1-3H3,(H,22,24)(H,23,25). The fraction of sp³-hybridized carbons (Fsp3) is 0.222. The Kier molecular flexibility index (Phi) is 6.05. The summed E-state index contributed by atoms with van der Waals surface area (Å²) in [7, 11) is 0. The molecule has 0 radical (unpaired) electrons. The predicted molar refractivity (Wildman–Crippen MR) is 118 cm³/mol. The molecular weight excluding hydrogens is 496 g/mol. The lowest BCUT2D eigenvalue weighted by molar-refractivity contribution is -0.118. The number of rotatable bonds is 5. The molecular formula is C18H18Br2N4O2S. The Morgan fingerprint density at radius 2 is 1.96 bits per heavy atom. The minimum atomic E-state index is -0.226. The number of carbonyl (C=O) groups is 1. The van der Waals surface area contributed by atoms with Crippen LogP contribution in [0.3, 0.4) is 0 Å². The Hall–Kier alpha value is -1.68. The molecule has 0 saturated heterocycles. The van der Waals surface area contributed by atoms with Gasteiger partial charge in [0.05, 0.1) is 14.7 Å². The van der Waals surface area contributed by atoms with Crippen molar-refractivity contribution in [3.05, 3.63) is 43.8 Å². The predicted octanol–water partition coefficient (Wildman–Crippen LogP) is 5.05. The van der Waals surface area contributed by atoms with E-state index in [1.807, 2.05) is 39.0 Å². The second-order valence-corrected chi connectivity index (χ2v) is 8.84. The number of thiazole rings is 1. The molecule has 0 bridgehead atoms. The van der Waals surface area contributed by atoms with E-state index in [0.717, 1.165) is 41.5 Å². The molecule has 1 aromatic heterocycles. The van der Waals surface area contributed by atoms with Gasteiger partial charge in [0.1, 0.15) is 5.75 Å². The highest BCUT2D eigenvalue weighted by molar-refractivity contribution is 9.11. The van der Waals surface area contributed by atoms with Crippen LogP contribution in [0.4, 0.5) is 10.8 Å². The van der Waals surface area contributed by atoms with Crippen LogP contribution >= 0.6 is 43.2 Å². The van der Waals surface area contributed by atoms with E-state index in [1.54, 1.807) is 0 Å². The average molecular weight is 514 g/mol. The summed E-state index contributed by atoms with van der Waals surface area (Å²) in [6.07, 6.45) is 0. The van der Waals surface area contributed by atoms with Crippen LogP contribution in [0, 0.1) is 20.8 Å². The number of amides is 1. The second kappa shape index (κ2) is 8.14. The van der Waals surface area contributed by atoms with Gasteiger partial charge < -0.3 is 10.1 Å². The summed E-state index contributed by atoms with van der Waals surface area (Å²) in [5.41, 5.74) is 7.02. The van der Waals surface area contributed by atoms with Gasteiger partial charge in [0, 0.05) is 10.2 Å². The first kappa shape index (κ1) is 20.1. The van der Waals surface area contributed by atoms with Crippen molar-refractivity contribution in [1.29, 1.82) is 0 Å². The first-order valence-electron chi connectivity index (χ1n) is 8.05. The number of benzene rings is 2. The summed E-state index contributed by atoms with van der Waals surface area (Å²) in [6, 6.07) is 5.76. The molecule has 1 amide bonds. The van der Waals surface area contributed by atoms with Crippen LogP contribution in [0.25, 0.3) is 10.2 Å². The molecule has 0 spiro atoms. The molecule has 1 heterocycles. The maximum absolute atomic E-state index is 12.5. The summed E-state index contributed by atoms with van der Waals surface area (Å²) in [6.45, 7) is 5.74. The number of halogens is 2. The first-order valence-corrected chi connectivity index (χ1v) is 10.5. The lowest BCUT2D eigenvalue weighted by atomic mass is 10.1. The number of aryl methyl sites for hydroxylation is 3. The first-order chi connectivity index (χ1) is 12.8. The van der Waals surface area contributed by atoms with Gasteiger partial charge in [-0.15, -0.1) is 0 Å². The molecule has 4 N–H and O–H groups in total. The average Bonchev–Trinajstić information content (AvgIpc) is 3.01. The lowest BCUT2D eigenvalue weighted by Gasteiger charge is -2.14. The van der Waals surface area contributed by atoms with Gasteiger partial charge in [-0.05, 0) is 71.6 Å². The molecule has 0 aliphatic carbocycles. The molecule has 27 heavy (non-hydrogen) atoms. The van der Waals surface area contributed by atoms with Crippen LogP contribution in [-0.2, 0) is 4.79 Å². The number of carbonyl (C=O) groups excluding carboxylic acids is 1. The molecule has 0 aliphatic heterocycles. The number of hydrogen-bond acceptors (Lipinski definition) is 6. The van der Waals surface area contributed by atoms with E-state index in [9.17, 15) is 4.79 Å². The highest BCUT2D eigenvalue weighted by Crippen LogP contribution is 2.35. The zero-order valence-corrected chi connectivity index (χ0v) is 18.9. The maximum Gasteiger partial charge on any atom is 0.262 e. The number of hydrazine groups is 1. The van der Waals surface area contributed by atoms with Crippen molar-refractivity contribution in [2.24, 2.45) is 5.84 Å². The smallest absolute Gasteiger partial charge is 0.262 e. The third kappa shape index (κ3) is 4.26. The van der Waals surface area contributed by atoms with Crippen molar-refractivity contribution in [2.75, 3.05) is 17.3 Å². The van der Waals surface area contributed by atoms with Crippen molar-refractivity contribution < 1.29 is 9.53 Å². The van der Waals surface area contributed by atoms with Gasteiger partial charge in [-0.1, -0.05) is 27.3 Å². The van der Waals surface area contributed by atoms with E-state index in [2.05, 4.69) is 47.6 Å². The largest absolute Gasteiger partial charge is 0.482 e. The number of fused-ring (bicyclic) bond motifs is 1. The van der Waals surface area contributed by atoms with Crippen LogP contribution in [0.5, 0.6) is 5.75 Å². The topological polar surface area (TPSA) is 89.3 Å². The summed E-state index contributed by atoms with van der Waals surface area (Å²) >= 11 is 8.35. The molecule has 3 aromatic rings. The Bertz CT molecular complexity index is 1010. The van der Waals surface area contributed by atoms with Crippen LogP contribution in [-0.4, -0.2) is 17.5 Å². The van der Waals surface area contributed by atoms with E-state index >= 15 is 0 Å². The highest BCUT2D eigenvalue weighted by atomic mass is 79.9. The van der Waals surface area contributed by atoms with Crippen molar-refractivity contribution in [2.45, 2.75) is 20.8 Å². The summed E-state index contributed by atoms with van der Waals surface area (Å²) in [5, 5.41) is 3.59. The molecule has 6 nitrogen and oxygen atoms in total. The normalized spacial score (nSPS) is 10.9. The summed E-state index contributed by atoms with van der Waals surface area (Å²) < 4.78 is 8.45. The molecule has 0 saturated carbocycles. The van der Waals surface area contributed by atoms with Crippen LogP contribution in [0.15, 0.2) is 27.1 Å². The van der Waals surface area contributed by atoms with Gasteiger partial charge in [0.25, 0.3) is 5.91 Å².